The van der Waals surface area contributed by atoms with E-state index in [0.717, 1.165) is 24.1 Å². The second-order valence-corrected chi connectivity index (χ2v) is 3.70. The van der Waals surface area contributed by atoms with Crippen LogP contribution >= 0.6 is 0 Å². The Morgan fingerprint density at radius 3 is 3.00 bits per heavy atom. The van der Waals surface area contributed by atoms with Gasteiger partial charge in [0.05, 0.1) is 0 Å². The summed E-state index contributed by atoms with van der Waals surface area (Å²) in [5, 5.41) is 3.04. The molecule has 0 bridgehead atoms. The zero-order chi connectivity index (χ0) is 11.5. The molecule has 0 aliphatic heterocycles. The van der Waals surface area contributed by atoms with Gasteiger partial charge in [-0.3, -0.25) is 4.79 Å². The van der Waals surface area contributed by atoms with E-state index in [4.69, 9.17) is 4.42 Å². The third-order valence-electron chi connectivity index (χ3n) is 2.43. The summed E-state index contributed by atoms with van der Waals surface area (Å²) >= 11 is 0. The van der Waals surface area contributed by atoms with E-state index in [9.17, 15) is 4.79 Å². The fourth-order valence-corrected chi connectivity index (χ4v) is 1.53. The smallest absolute Gasteiger partial charge is 0.196 e. The zero-order valence-electron chi connectivity index (χ0n) is 9.41. The van der Waals surface area contributed by atoms with Gasteiger partial charge in [0.15, 0.2) is 17.3 Å². The topological polar surface area (TPSA) is 55.1 Å². The quantitative estimate of drug-likeness (QED) is 0.795. The Balaban J connectivity index is 2.34. The van der Waals surface area contributed by atoms with Crippen molar-refractivity contribution in [3.8, 4) is 0 Å². The Labute approximate surface area is 93.7 Å². The summed E-state index contributed by atoms with van der Waals surface area (Å²) in [6, 6.07) is 5.32. The van der Waals surface area contributed by atoms with Gasteiger partial charge in [-0.25, -0.2) is 4.98 Å². The van der Waals surface area contributed by atoms with E-state index in [-0.39, 0.29) is 5.78 Å². The van der Waals surface area contributed by atoms with Gasteiger partial charge in [0, 0.05) is 18.5 Å². The van der Waals surface area contributed by atoms with E-state index in [2.05, 4.69) is 10.3 Å². The number of hydrogen-bond acceptors (Lipinski definition) is 4. The molecular weight excluding hydrogens is 204 g/mol. The largest absolute Gasteiger partial charge is 0.441 e. The summed E-state index contributed by atoms with van der Waals surface area (Å²) in [7, 11) is 1.89. The van der Waals surface area contributed by atoms with Crippen molar-refractivity contribution in [2.24, 2.45) is 0 Å². The van der Waals surface area contributed by atoms with Crippen molar-refractivity contribution in [2.75, 3.05) is 13.6 Å². The van der Waals surface area contributed by atoms with Gasteiger partial charge in [0.1, 0.15) is 5.52 Å². The van der Waals surface area contributed by atoms with Crippen LogP contribution in [0.1, 0.15) is 23.2 Å². The number of rotatable bonds is 4. The molecule has 0 aliphatic rings. The average molecular weight is 218 g/mol. The molecule has 0 saturated carbocycles. The maximum Gasteiger partial charge on any atom is 0.196 e. The first kappa shape index (κ1) is 10.8. The molecule has 0 atom stereocenters. The predicted octanol–water partition coefficient (Wildman–Crippen LogP) is 1.79. The summed E-state index contributed by atoms with van der Waals surface area (Å²) in [6.45, 7) is 2.37. The molecule has 1 aromatic carbocycles. The van der Waals surface area contributed by atoms with Crippen LogP contribution in [-0.2, 0) is 6.42 Å². The predicted molar refractivity (Wildman–Crippen MR) is 61.6 cm³/mol. The number of fused-ring (bicyclic) bond motifs is 1. The van der Waals surface area contributed by atoms with Crippen LogP contribution in [0.25, 0.3) is 11.1 Å². The summed E-state index contributed by atoms with van der Waals surface area (Å²) < 4.78 is 5.54. The molecule has 4 heteroatoms. The van der Waals surface area contributed by atoms with Crippen LogP contribution < -0.4 is 5.32 Å². The van der Waals surface area contributed by atoms with Crippen molar-refractivity contribution in [2.45, 2.75) is 13.3 Å². The van der Waals surface area contributed by atoms with Crippen LogP contribution in [0.3, 0.4) is 0 Å². The van der Waals surface area contributed by atoms with E-state index < -0.39 is 0 Å². The molecule has 2 rings (SSSR count). The van der Waals surface area contributed by atoms with Crippen LogP contribution in [-0.4, -0.2) is 24.4 Å². The molecule has 1 heterocycles. The minimum atomic E-state index is 0.0432. The van der Waals surface area contributed by atoms with E-state index in [1.54, 1.807) is 25.1 Å². The minimum absolute atomic E-state index is 0.0432. The van der Waals surface area contributed by atoms with Crippen molar-refractivity contribution < 1.29 is 9.21 Å². The second kappa shape index (κ2) is 4.45. The van der Waals surface area contributed by atoms with E-state index in [1.807, 2.05) is 7.05 Å². The van der Waals surface area contributed by atoms with Crippen LogP contribution in [0.4, 0.5) is 0 Å². The fourth-order valence-electron chi connectivity index (χ4n) is 1.53. The molecule has 0 spiro atoms. The lowest BCUT2D eigenvalue weighted by Gasteiger charge is -1.92. The SMILES string of the molecule is CNCCc1nc2cc(C(C)=O)ccc2o1. The van der Waals surface area contributed by atoms with Crippen molar-refractivity contribution in [1.29, 1.82) is 0 Å². The molecule has 0 fully saturated rings. The molecule has 1 aromatic heterocycles. The molecule has 84 valence electrons. The maximum atomic E-state index is 11.2. The molecular formula is C12H14N2O2. The van der Waals surface area contributed by atoms with Gasteiger partial charge in [0.25, 0.3) is 0 Å². The first-order valence-electron chi connectivity index (χ1n) is 5.25. The summed E-state index contributed by atoms with van der Waals surface area (Å²) in [4.78, 5) is 15.5. The highest BCUT2D eigenvalue weighted by atomic mass is 16.3. The lowest BCUT2D eigenvalue weighted by atomic mass is 10.1. The number of likely N-dealkylation sites (N-methyl/N-ethyl adjacent to an activating group) is 1. The van der Waals surface area contributed by atoms with Crippen molar-refractivity contribution >= 4 is 16.9 Å². The lowest BCUT2D eigenvalue weighted by molar-refractivity contribution is 0.101. The van der Waals surface area contributed by atoms with Crippen LogP contribution in [0, 0.1) is 0 Å². The molecule has 0 radical (unpaired) electrons. The summed E-state index contributed by atoms with van der Waals surface area (Å²) in [6.07, 6.45) is 0.751. The minimum Gasteiger partial charge on any atom is -0.441 e. The number of ketones is 1. The summed E-state index contributed by atoms with van der Waals surface area (Å²) in [5.74, 6) is 0.742. The average Bonchev–Trinajstić information content (AvgIpc) is 2.67. The molecule has 1 N–H and O–H groups in total. The highest BCUT2D eigenvalue weighted by Crippen LogP contribution is 2.17. The summed E-state index contributed by atoms with van der Waals surface area (Å²) in [5.41, 5.74) is 2.15. The van der Waals surface area contributed by atoms with Crippen LogP contribution in [0.15, 0.2) is 22.6 Å². The number of nitrogens with zero attached hydrogens (tertiary/aromatic N) is 1. The Morgan fingerprint density at radius 1 is 1.50 bits per heavy atom. The first-order valence-corrected chi connectivity index (χ1v) is 5.25. The highest BCUT2D eigenvalue weighted by molar-refractivity contribution is 5.96. The van der Waals surface area contributed by atoms with E-state index in [0.29, 0.717) is 11.5 Å². The van der Waals surface area contributed by atoms with E-state index in [1.165, 1.54) is 0 Å². The van der Waals surface area contributed by atoms with Crippen molar-refractivity contribution in [3.05, 3.63) is 29.7 Å². The standard InChI is InChI=1S/C12H14N2O2/c1-8(15)9-3-4-11-10(7-9)14-12(16-11)5-6-13-2/h3-4,7,13H,5-6H2,1-2H3. The Morgan fingerprint density at radius 2 is 2.31 bits per heavy atom. The van der Waals surface area contributed by atoms with Gasteiger partial charge in [0.2, 0.25) is 0 Å². The Bertz CT molecular complexity index is 517. The molecule has 0 unspecified atom stereocenters. The number of nitrogens with one attached hydrogen (secondary N) is 1. The maximum absolute atomic E-state index is 11.2. The monoisotopic (exact) mass is 218 g/mol. The molecule has 0 amide bonds. The number of Topliss-reactive ketones (excluding diaryl/α,β-unsaturated/α-hetero) is 1. The number of carbonyl (C=O) groups excluding carboxylic acids is 1. The first-order chi connectivity index (χ1) is 7.70. The number of oxazole rings is 1. The van der Waals surface area contributed by atoms with Gasteiger partial charge in [-0.15, -0.1) is 0 Å². The molecule has 0 aliphatic carbocycles. The van der Waals surface area contributed by atoms with Gasteiger partial charge >= 0.3 is 0 Å². The van der Waals surface area contributed by atoms with Crippen molar-refractivity contribution in [3.63, 3.8) is 0 Å². The number of carbonyl (C=O) groups is 1. The van der Waals surface area contributed by atoms with Crippen LogP contribution in [0.5, 0.6) is 0 Å². The van der Waals surface area contributed by atoms with Gasteiger partial charge in [-0.05, 0) is 32.2 Å². The Kier molecular flexibility index (Phi) is 3.01. The fraction of sp³-hybridized carbons (Fsp3) is 0.333. The molecule has 4 nitrogen and oxygen atoms in total. The van der Waals surface area contributed by atoms with Gasteiger partial charge in [-0.2, -0.15) is 0 Å². The Hall–Kier alpha value is -1.68. The third-order valence-corrected chi connectivity index (χ3v) is 2.43. The molecule has 16 heavy (non-hydrogen) atoms. The van der Waals surface area contributed by atoms with E-state index >= 15 is 0 Å². The van der Waals surface area contributed by atoms with Gasteiger partial charge < -0.3 is 9.73 Å². The third kappa shape index (κ3) is 2.12. The molecule has 2 aromatic rings. The normalized spacial score (nSPS) is 10.9. The number of aromatic nitrogens is 1. The number of benzene rings is 1. The second-order valence-electron chi connectivity index (χ2n) is 3.70. The lowest BCUT2D eigenvalue weighted by Crippen LogP contribution is -2.10. The molecule has 0 saturated heterocycles. The number of hydrogen-bond donors (Lipinski definition) is 1. The van der Waals surface area contributed by atoms with Crippen molar-refractivity contribution in [1.82, 2.24) is 10.3 Å². The zero-order valence-corrected chi connectivity index (χ0v) is 9.41. The van der Waals surface area contributed by atoms with Gasteiger partial charge in [-0.1, -0.05) is 0 Å². The van der Waals surface area contributed by atoms with Crippen LogP contribution in [0.2, 0.25) is 0 Å². The highest BCUT2D eigenvalue weighted by Gasteiger charge is 2.07.